The van der Waals surface area contributed by atoms with Gasteiger partial charge in [-0.15, -0.1) is 0 Å². The fourth-order valence-corrected chi connectivity index (χ4v) is 3.90. The van der Waals surface area contributed by atoms with Crippen molar-refractivity contribution in [2.24, 2.45) is 5.92 Å². The molecule has 0 bridgehead atoms. The summed E-state index contributed by atoms with van der Waals surface area (Å²) in [5.41, 5.74) is -0.0754. The Morgan fingerprint density at radius 2 is 1.92 bits per heavy atom. The van der Waals surface area contributed by atoms with Gasteiger partial charge in [-0.3, -0.25) is 9.59 Å². The number of carboxylic acids is 1. The first-order valence-electron chi connectivity index (χ1n) is 7.38. The van der Waals surface area contributed by atoms with E-state index in [1.165, 1.54) is 20.2 Å². The first kappa shape index (κ1) is 21.2. The van der Waals surface area contributed by atoms with Crippen molar-refractivity contribution in [3.8, 4) is 5.75 Å². The zero-order chi connectivity index (χ0) is 19.4. The number of methoxy groups -OCH3 is 1. The predicted molar refractivity (Wildman–Crippen MR) is 92.6 cm³/mol. The van der Waals surface area contributed by atoms with E-state index in [4.69, 9.17) is 16.3 Å². The Labute approximate surface area is 151 Å². The first-order chi connectivity index (χ1) is 11.5. The molecule has 0 aromatic heterocycles. The number of amides is 1. The monoisotopic (exact) mass is 392 g/mol. The summed E-state index contributed by atoms with van der Waals surface area (Å²) in [5.74, 6) is -2.16. The van der Waals surface area contributed by atoms with Gasteiger partial charge in [-0.2, -0.15) is 4.72 Å². The third kappa shape index (κ3) is 5.32. The molecule has 1 amide bonds. The Bertz CT molecular complexity index is 764. The van der Waals surface area contributed by atoms with E-state index in [-0.39, 0.29) is 28.7 Å². The summed E-state index contributed by atoms with van der Waals surface area (Å²) in [7, 11) is -1.72. The van der Waals surface area contributed by atoms with Crippen molar-refractivity contribution in [3.63, 3.8) is 0 Å². The molecule has 0 aliphatic rings. The number of nitrogens with one attached hydrogen (secondary N) is 2. The van der Waals surface area contributed by atoms with Gasteiger partial charge in [-0.25, -0.2) is 8.42 Å². The molecule has 8 nitrogen and oxygen atoms in total. The maximum Gasteiger partial charge on any atom is 0.321 e. The average molecular weight is 393 g/mol. The maximum absolute atomic E-state index is 12.7. The van der Waals surface area contributed by atoms with Crippen molar-refractivity contribution in [1.82, 2.24) is 10.0 Å². The molecule has 0 saturated carbocycles. The third-order valence-electron chi connectivity index (χ3n) is 3.29. The fraction of sp³-hybridized carbons (Fsp3) is 0.467. The quantitative estimate of drug-likeness (QED) is 0.616. The minimum Gasteiger partial charge on any atom is -0.494 e. The standard InChI is InChI=1S/C15H21ClN2O6S/c1-8(2)5-11(15(20)21)18-25(22,23)12-7-9(16)6-10(13(12)24-4)14(19)17-3/h6-8,11,18H,5H2,1-4H3,(H,17,19)(H,20,21)/t11-/m0/s1. The number of carboxylic acid groups (broad SMARTS) is 1. The SMILES string of the molecule is CNC(=O)c1cc(Cl)cc(S(=O)(=O)N[C@@H](CC(C)C)C(=O)O)c1OC. The van der Waals surface area contributed by atoms with Crippen LogP contribution < -0.4 is 14.8 Å². The molecule has 25 heavy (non-hydrogen) atoms. The number of rotatable bonds is 8. The second kappa shape index (κ2) is 8.50. The van der Waals surface area contributed by atoms with E-state index >= 15 is 0 Å². The molecule has 0 fully saturated rings. The summed E-state index contributed by atoms with van der Waals surface area (Å²) >= 11 is 5.93. The normalized spacial score (nSPS) is 12.7. The van der Waals surface area contributed by atoms with Crippen molar-refractivity contribution in [2.45, 2.75) is 31.2 Å². The Balaban J connectivity index is 3.44. The lowest BCUT2D eigenvalue weighted by Gasteiger charge is -2.19. The molecule has 1 rings (SSSR count). The zero-order valence-corrected chi connectivity index (χ0v) is 15.9. The van der Waals surface area contributed by atoms with Gasteiger partial charge in [-0.05, 0) is 24.5 Å². The third-order valence-corrected chi connectivity index (χ3v) is 4.98. The van der Waals surface area contributed by atoms with Gasteiger partial charge in [0.05, 0.1) is 12.7 Å². The molecule has 140 valence electrons. The van der Waals surface area contributed by atoms with Gasteiger partial charge in [0.2, 0.25) is 10.0 Å². The van der Waals surface area contributed by atoms with Crippen LogP contribution in [-0.2, 0) is 14.8 Å². The number of ether oxygens (including phenoxy) is 1. The van der Waals surface area contributed by atoms with Crippen LogP contribution in [-0.4, -0.2) is 45.6 Å². The lowest BCUT2D eigenvalue weighted by atomic mass is 10.1. The molecule has 1 aromatic carbocycles. The minimum absolute atomic E-state index is 0.00416. The van der Waals surface area contributed by atoms with Crippen molar-refractivity contribution in [1.29, 1.82) is 0 Å². The lowest BCUT2D eigenvalue weighted by molar-refractivity contribution is -0.139. The Morgan fingerprint density at radius 3 is 2.36 bits per heavy atom. The molecule has 0 spiro atoms. The lowest BCUT2D eigenvalue weighted by Crippen LogP contribution is -2.41. The van der Waals surface area contributed by atoms with E-state index in [0.29, 0.717) is 0 Å². The Hall–Kier alpha value is -1.84. The summed E-state index contributed by atoms with van der Waals surface area (Å²) in [6, 6.07) is 1.04. The van der Waals surface area contributed by atoms with Crippen molar-refractivity contribution < 1.29 is 27.9 Å². The van der Waals surface area contributed by atoms with Gasteiger partial charge in [0.25, 0.3) is 5.91 Å². The summed E-state index contributed by atoms with van der Waals surface area (Å²) < 4.78 is 32.6. The number of sulfonamides is 1. The highest BCUT2D eigenvalue weighted by molar-refractivity contribution is 7.89. The first-order valence-corrected chi connectivity index (χ1v) is 9.24. The number of carbonyl (C=O) groups excluding carboxylic acids is 1. The van der Waals surface area contributed by atoms with Crippen LogP contribution in [0.5, 0.6) is 5.75 Å². The smallest absolute Gasteiger partial charge is 0.321 e. The van der Waals surface area contributed by atoms with Crippen molar-refractivity contribution in [3.05, 3.63) is 22.7 Å². The summed E-state index contributed by atoms with van der Waals surface area (Å²) in [6.45, 7) is 3.54. The molecule has 0 unspecified atom stereocenters. The van der Waals surface area contributed by atoms with Crippen LogP contribution in [0.15, 0.2) is 17.0 Å². The van der Waals surface area contributed by atoms with E-state index in [1.54, 1.807) is 13.8 Å². The number of hydrogen-bond acceptors (Lipinski definition) is 5. The van der Waals surface area contributed by atoms with Crippen LogP contribution in [0.1, 0.15) is 30.6 Å². The molecule has 3 N–H and O–H groups in total. The second-order valence-corrected chi connectivity index (χ2v) is 7.82. The largest absolute Gasteiger partial charge is 0.494 e. The van der Waals surface area contributed by atoms with Crippen LogP contribution >= 0.6 is 11.6 Å². The molecule has 0 radical (unpaired) electrons. The van der Waals surface area contributed by atoms with Gasteiger partial charge in [0.1, 0.15) is 10.9 Å². The van der Waals surface area contributed by atoms with Crippen LogP contribution in [0.4, 0.5) is 0 Å². The molecule has 10 heteroatoms. The fourth-order valence-electron chi connectivity index (χ4n) is 2.20. The number of halogens is 1. The van der Waals surface area contributed by atoms with E-state index < -0.39 is 32.8 Å². The molecule has 1 aromatic rings. The topological polar surface area (TPSA) is 122 Å². The number of benzene rings is 1. The maximum atomic E-state index is 12.7. The highest BCUT2D eigenvalue weighted by atomic mass is 35.5. The molecule has 0 aliphatic heterocycles. The van der Waals surface area contributed by atoms with E-state index in [2.05, 4.69) is 10.0 Å². The summed E-state index contributed by atoms with van der Waals surface area (Å²) in [4.78, 5) is 22.9. The molecule has 0 aliphatic carbocycles. The van der Waals surface area contributed by atoms with Crippen molar-refractivity contribution in [2.75, 3.05) is 14.2 Å². The highest BCUT2D eigenvalue weighted by Gasteiger charge is 2.30. The Morgan fingerprint density at radius 1 is 1.32 bits per heavy atom. The minimum atomic E-state index is -4.30. The van der Waals surface area contributed by atoms with Gasteiger partial charge in [0.15, 0.2) is 5.75 Å². The average Bonchev–Trinajstić information content (AvgIpc) is 2.51. The number of aliphatic carboxylic acids is 1. The van der Waals surface area contributed by atoms with Crippen LogP contribution in [0.25, 0.3) is 0 Å². The Kier molecular flexibility index (Phi) is 7.21. The van der Waals surface area contributed by atoms with E-state index in [9.17, 15) is 23.1 Å². The molecule has 0 saturated heterocycles. The van der Waals surface area contributed by atoms with Crippen molar-refractivity contribution >= 4 is 33.5 Å². The van der Waals surface area contributed by atoms with Gasteiger partial charge in [-0.1, -0.05) is 25.4 Å². The molecular formula is C15H21ClN2O6S. The molecular weight excluding hydrogens is 372 g/mol. The van der Waals surface area contributed by atoms with Gasteiger partial charge < -0.3 is 15.2 Å². The second-order valence-electron chi connectivity index (χ2n) is 5.71. The van der Waals surface area contributed by atoms with Crippen LogP contribution in [0, 0.1) is 5.92 Å². The number of hydrogen-bond donors (Lipinski definition) is 3. The van der Waals surface area contributed by atoms with Crippen LogP contribution in [0.2, 0.25) is 5.02 Å². The highest BCUT2D eigenvalue weighted by Crippen LogP contribution is 2.32. The van der Waals surface area contributed by atoms with E-state index in [0.717, 1.165) is 6.07 Å². The van der Waals surface area contributed by atoms with Gasteiger partial charge in [0, 0.05) is 12.1 Å². The molecule has 0 heterocycles. The van der Waals surface area contributed by atoms with E-state index in [1.807, 2.05) is 0 Å². The van der Waals surface area contributed by atoms with Crippen LogP contribution in [0.3, 0.4) is 0 Å². The summed E-state index contributed by atoms with van der Waals surface area (Å²) in [5, 5.41) is 11.6. The molecule has 1 atom stereocenters. The predicted octanol–water partition coefficient (Wildman–Crippen LogP) is 1.49. The summed E-state index contributed by atoms with van der Waals surface area (Å²) in [6.07, 6.45) is 0.0970. The van der Waals surface area contributed by atoms with Gasteiger partial charge >= 0.3 is 5.97 Å². The zero-order valence-electron chi connectivity index (χ0n) is 14.3. The number of carbonyl (C=O) groups is 2.